The molecule has 0 aliphatic carbocycles. The van der Waals surface area contributed by atoms with E-state index < -0.39 is 0 Å². The molecule has 0 amide bonds. The summed E-state index contributed by atoms with van der Waals surface area (Å²) in [6, 6.07) is 13.0. The number of hydrogen-bond donors (Lipinski definition) is 0. The second-order valence-electron chi connectivity index (χ2n) is 4.96. The summed E-state index contributed by atoms with van der Waals surface area (Å²) in [7, 11) is 3.44. The van der Waals surface area contributed by atoms with Gasteiger partial charge in [0.1, 0.15) is 11.5 Å². The van der Waals surface area contributed by atoms with Crippen molar-refractivity contribution < 1.29 is 9.47 Å². The molecule has 22 heavy (non-hydrogen) atoms. The molecule has 0 bridgehead atoms. The summed E-state index contributed by atoms with van der Waals surface area (Å²) in [5.74, 6) is 1.86. The first kappa shape index (κ1) is 15.4. The van der Waals surface area contributed by atoms with E-state index in [1.54, 1.807) is 37.7 Å². The lowest BCUT2D eigenvalue weighted by atomic mass is 10.0. The molecule has 0 aliphatic rings. The Kier molecular flexibility index (Phi) is 4.41. The van der Waals surface area contributed by atoms with E-state index in [4.69, 9.17) is 9.47 Å². The Hall–Kier alpha value is -1.52. The molecule has 114 valence electrons. The maximum Gasteiger partial charge on any atom is 0.133 e. The van der Waals surface area contributed by atoms with Crippen LogP contribution in [0.5, 0.6) is 11.5 Å². The zero-order valence-electron chi connectivity index (χ0n) is 13.1. The Morgan fingerprint density at radius 2 is 0.955 bits per heavy atom. The van der Waals surface area contributed by atoms with Gasteiger partial charge in [-0.1, -0.05) is 0 Å². The fraction of sp³-hybridized carbons (Fsp3) is 0.222. The summed E-state index contributed by atoms with van der Waals surface area (Å²) in [5.41, 5.74) is 0. The van der Waals surface area contributed by atoms with Crippen molar-refractivity contribution in [3.8, 4) is 11.5 Å². The van der Waals surface area contributed by atoms with E-state index in [9.17, 15) is 0 Å². The first-order valence-electron chi connectivity index (χ1n) is 6.91. The maximum atomic E-state index is 5.49. The number of methoxy groups -OCH3 is 2. The molecule has 0 aliphatic heterocycles. The van der Waals surface area contributed by atoms with Gasteiger partial charge in [0.05, 0.1) is 14.2 Å². The fourth-order valence-corrected chi connectivity index (χ4v) is 3.83. The van der Waals surface area contributed by atoms with E-state index in [0.29, 0.717) is 0 Å². The molecule has 0 radical (unpaired) electrons. The van der Waals surface area contributed by atoms with Crippen LogP contribution in [0.3, 0.4) is 0 Å². The van der Waals surface area contributed by atoms with Crippen molar-refractivity contribution >= 4 is 45.1 Å². The summed E-state index contributed by atoms with van der Waals surface area (Å²) in [6.45, 7) is 0. The molecule has 0 atom stereocenters. The number of thioether (sulfide) groups is 2. The van der Waals surface area contributed by atoms with Crippen LogP contribution >= 0.6 is 23.5 Å². The van der Waals surface area contributed by atoms with Gasteiger partial charge in [-0.3, -0.25) is 0 Å². The average Bonchev–Trinajstić information content (AvgIpc) is 2.57. The van der Waals surface area contributed by atoms with Gasteiger partial charge in [0.25, 0.3) is 0 Å². The van der Waals surface area contributed by atoms with Crippen molar-refractivity contribution in [3.05, 3.63) is 36.4 Å². The third kappa shape index (κ3) is 2.61. The van der Waals surface area contributed by atoms with E-state index in [1.165, 1.54) is 21.5 Å². The van der Waals surface area contributed by atoms with Gasteiger partial charge in [0.2, 0.25) is 0 Å². The summed E-state index contributed by atoms with van der Waals surface area (Å²) in [5, 5.41) is 4.83. The van der Waals surface area contributed by atoms with Crippen molar-refractivity contribution in [2.45, 2.75) is 9.79 Å². The normalized spacial score (nSPS) is 11.1. The van der Waals surface area contributed by atoms with E-state index in [0.717, 1.165) is 21.3 Å². The second kappa shape index (κ2) is 6.31. The predicted octanol–water partition coefficient (Wildman–Crippen LogP) is 5.45. The van der Waals surface area contributed by atoms with Crippen LogP contribution < -0.4 is 9.47 Å². The lowest BCUT2D eigenvalue weighted by Gasteiger charge is -2.12. The van der Waals surface area contributed by atoms with Crippen LogP contribution in [-0.2, 0) is 0 Å². The molecule has 3 rings (SSSR count). The molecule has 0 fully saturated rings. The molecule has 0 heterocycles. The first-order chi connectivity index (χ1) is 10.7. The van der Waals surface area contributed by atoms with Crippen LogP contribution in [0.4, 0.5) is 0 Å². The van der Waals surface area contributed by atoms with Gasteiger partial charge in [0.15, 0.2) is 0 Å². The van der Waals surface area contributed by atoms with Gasteiger partial charge in [-0.2, -0.15) is 0 Å². The highest BCUT2D eigenvalue weighted by Crippen LogP contribution is 2.37. The average molecular weight is 330 g/mol. The number of hydrogen-bond acceptors (Lipinski definition) is 4. The van der Waals surface area contributed by atoms with Crippen LogP contribution in [-0.4, -0.2) is 26.7 Å². The van der Waals surface area contributed by atoms with Crippen molar-refractivity contribution in [2.75, 3.05) is 26.7 Å². The minimum absolute atomic E-state index is 0.929. The smallest absolute Gasteiger partial charge is 0.133 e. The molecule has 4 heteroatoms. The van der Waals surface area contributed by atoms with Crippen molar-refractivity contribution in [1.82, 2.24) is 0 Å². The quantitative estimate of drug-likeness (QED) is 0.467. The molecule has 2 nitrogen and oxygen atoms in total. The fourth-order valence-electron chi connectivity index (χ4n) is 2.66. The molecule has 0 aromatic heterocycles. The Morgan fingerprint density at radius 3 is 1.27 bits per heavy atom. The van der Waals surface area contributed by atoms with Crippen LogP contribution in [0.1, 0.15) is 0 Å². The van der Waals surface area contributed by atoms with Crippen LogP contribution in [0.25, 0.3) is 21.5 Å². The SMILES string of the molecule is COc1cc2cc3cc(SC)c(OC)cc3cc2cc1SC. The Morgan fingerprint density at radius 1 is 0.591 bits per heavy atom. The molecule has 0 saturated carbocycles. The van der Waals surface area contributed by atoms with Gasteiger partial charge in [-0.05, 0) is 70.5 Å². The lowest BCUT2D eigenvalue weighted by Crippen LogP contribution is -1.89. The molecule has 3 aromatic rings. The molecular weight excluding hydrogens is 312 g/mol. The van der Waals surface area contributed by atoms with Gasteiger partial charge in [0, 0.05) is 9.79 Å². The topological polar surface area (TPSA) is 18.5 Å². The van der Waals surface area contributed by atoms with Crippen LogP contribution in [0.2, 0.25) is 0 Å². The van der Waals surface area contributed by atoms with Crippen molar-refractivity contribution in [3.63, 3.8) is 0 Å². The third-order valence-corrected chi connectivity index (χ3v) is 5.32. The van der Waals surface area contributed by atoms with Gasteiger partial charge in [-0.15, -0.1) is 23.5 Å². The highest BCUT2D eigenvalue weighted by Gasteiger charge is 2.09. The number of ether oxygens (including phenoxy) is 2. The molecule has 0 saturated heterocycles. The van der Waals surface area contributed by atoms with Crippen molar-refractivity contribution in [2.24, 2.45) is 0 Å². The van der Waals surface area contributed by atoms with Crippen LogP contribution in [0.15, 0.2) is 46.2 Å². The monoisotopic (exact) mass is 330 g/mol. The third-order valence-electron chi connectivity index (χ3n) is 3.80. The first-order valence-corrected chi connectivity index (χ1v) is 9.36. The van der Waals surface area contributed by atoms with Gasteiger partial charge < -0.3 is 9.47 Å². The van der Waals surface area contributed by atoms with E-state index in [2.05, 4.69) is 48.9 Å². The standard InChI is InChI=1S/C18H18O2S2/c1-19-15-7-11-5-14-10-18(22-4)16(20-2)8-12(14)6-13(11)9-17(15)21-3/h5-10H,1-4H3. The zero-order valence-corrected chi connectivity index (χ0v) is 14.7. The Bertz CT molecular complexity index is 706. The number of benzene rings is 3. The number of fused-ring (bicyclic) bond motifs is 2. The summed E-state index contributed by atoms with van der Waals surface area (Å²) < 4.78 is 11.0. The van der Waals surface area contributed by atoms with Crippen LogP contribution in [0, 0.1) is 0 Å². The molecule has 0 N–H and O–H groups in total. The Labute approximate surface area is 139 Å². The highest BCUT2D eigenvalue weighted by atomic mass is 32.2. The minimum Gasteiger partial charge on any atom is -0.496 e. The lowest BCUT2D eigenvalue weighted by molar-refractivity contribution is 0.405. The molecule has 3 aromatic carbocycles. The molecular formula is C18H18O2S2. The zero-order chi connectivity index (χ0) is 15.7. The number of rotatable bonds is 4. The summed E-state index contributed by atoms with van der Waals surface area (Å²) in [6.07, 6.45) is 4.14. The predicted molar refractivity (Wildman–Crippen MR) is 98.1 cm³/mol. The molecule has 0 unspecified atom stereocenters. The Balaban J connectivity index is 2.30. The largest absolute Gasteiger partial charge is 0.496 e. The highest BCUT2D eigenvalue weighted by molar-refractivity contribution is 7.99. The molecule has 0 spiro atoms. The van der Waals surface area contributed by atoms with E-state index >= 15 is 0 Å². The van der Waals surface area contributed by atoms with Gasteiger partial charge >= 0.3 is 0 Å². The summed E-state index contributed by atoms with van der Waals surface area (Å²) in [4.78, 5) is 2.31. The van der Waals surface area contributed by atoms with Crippen molar-refractivity contribution in [1.29, 1.82) is 0 Å². The summed E-state index contributed by atoms with van der Waals surface area (Å²) >= 11 is 3.40. The minimum atomic E-state index is 0.929. The van der Waals surface area contributed by atoms with E-state index in [1.807, 2.05) is 0 Å². The van der Waals surface area contributed by atoms with E-state index in [-0.39, 0.29) is 0 Å². The maximum absolute atomic E-state index is 5.49. The second-order valence-corrected chi connectivity index (χ2v) is 6.66. The van der Waals surface area contributed by atoms with Gasteiger partial charge in [-0.25, -0.2) is 0 Å².